The number of methoxy groups -OCH3 is 2. The van der Waals surface area contributed by atoms with E-state index in [2.05, 4.69) is 53.0 Å². The molecule has 1 aromatic rings. The quantitative estimate of drug-likeness (QED) is 0.124. The van der Waals surface area contributed by atoms with E-state index >= 15 is 0 Å². The molecule has 0 heterocycles. The molecule has 4 atom stereocenters. The van der Waals surface area contributed by atoms with Gasteiger partial charge in [0.1, 0.15) is 5.60 Å². The van der Waals surface area contributed by atoms with Crippen molar-refractivity contribution in [2.45, 2.75) is 124 Å². The van der Waals surface area contributed by atoms with Crippen LogP contribution in [0.25, 0.3) is 0 Å². The summed E-state index contributed by atoms with van der Waals surface area (Å²) in [5.74, 6) is 0.210. The lowest BCUT2D eigenvalue weighted by molar-refractivity contribution is -0.142. The van der Waals surface area contributed by atoms with Crippen LogP contribution in [0.15, 0.2) is 18.2 Å². The molecule has 0 fully saturated rings. The molecule has 0 saturated carbocycles. The first-order valence-electron chi connectivity index (χ1n) is 15.9. The van der Waals surface area contributed by atoms with Crippen LogP contribution in [0.5, 0.6) is 11.5 Å². The van der Waals surface area contributed by atoms with Gasteiger partial charge in [-0.15, -0.1) is 0 Å². The molecule has 0 saturated heterocycles. The Hall–Kier alpha value is -2.30. The molecule has 1 amide bonds. The second-order valence-corrected chi connectivity index (χ2v) is 19.5. The van der Waals surface area contributed by atoms with Crippen LogP contribution in [-0.4, -0.2) is 70.7 Å². The highest BCUT2D eigenvalue weighted by Gasteiger charge is 2.42. The molecular weight excluding hydrogens is 578 g/mol. The van der Waals surface area contributed by atoms with Crippen molar-refractivity contribution in [3.05, 3.63) is 23.8 Å². The summed E-state index contributed by atoms with van der Waals surface area (Å²) in [4.78, 5) is 25.2. The first kappa shape index (κ1) is 39.7. The fraction of sp³-hybridized carbons (Fsp3) is 0.765. The number of benzene rings is 1. The molecule has 0 aliphatic carbocycles. The molecule has 1 rings (SSSR count). The van der Waals surface area contributed by atoms with Crippen LogP contribution < -0.4 is 14.8 Å². The number of carbonyl (C=O) groups excluding carboxylic acids is 1. The van der Waals surface area contributed by atoms with E-state index in [0.29, 0.717) is 31.1 Å². The van der Waals surface area contributed by atoms with Gasteiger partial charge < -0.3 is 33.8 Å². The summed E-state index contributed by atoms with van der Waals surface area (Å²) in [6.07, 6.45) is 1.30. The maximum absolute atomic E-state index is 13.2. The summed E-state index contributed by atoms with van der Waals surface area (Å²) in [7, 11) is 0.952. The van der Waals surface area contributed by atoms with Crippen molar-refractivity contribution in [1.82, 2.24) is 5.32 Å². The third-order valence-electron chi connectivity index (χ3n) is 8.39. The minimum atomic E-state index is -2.34. The third kappa shape index (κ3) is 13.8. The van der Waals surface area contributed by atoms with Crippen LogP contribution in [-0.2, 0) is 25.1 Å². The lowest BCUT2D eigenvalue weighted by Crippen LogP contribution is -2.54. The van der Waals surface area contributed by atoms with Crippen molar-refractivity contribution in [2.24, 2.45) is 17.8 Å². The van der Waals surface area contributed by atoms with Gasteiger partial charge in [0.25, 0.3) is 0 Å². The number of carbonyl (C=O) groups is 2. The molecule has 1 aromatic carbocycles. The second-order valence-electron chi connectivity index (χ2n) is 14.8. The lowest BCUT2D eigenvalue weighted by atomic mass is 9.82. The number of ether oxygens (including phenoxy) is 4. The molecule has 254 valence electrons. The number of hydrogen-bond donors (Lipinski definition) is 2. The molecule has 4 unspecified atom stereocenters. The molecular formula is C34H61NO8Si. The van der Waals surface area contributed by atoms with Crippen LogP contribution >= 0.6 is 0 Å². The normalized spacial score (nSPS) is 15.3. The van der Waals surface area contributed by atoms with Gasteiger partial charge in [0.2, 0.25) is 0 Å². The first-order valence-corrected chi connectivity index (χ1v) is 18.8. The van der Waals surface area contributed by atoms with E-state index in [4.69, 9.17) is 23.4 Å². The number of amides is 1. The highest BCUT2D eigenvalue weighted by molar-refractivity contribution is 6.74. The van der Waals surface area contributed by atoms with Crippen molar-refractivity contribution in [3.8, 4) is 11.5 Å². The highest BCUT2D eigenvalue weighted by Crippen LogP contribution is 2.39. The number of alkyl carbamates (subject to hydrolysis) is 1. The molecule has 2 N–H and O–H groups in total. The van der Waals surface area contributed by atoms with Crippen molar-refractivity contribution >= 4 is 20.4 Å². The molecule has 9 nitrogen and oxygen atoms in total. The van der Waals surface area contributed by atoms with Gasteiger partial charge in [-0.05, 0) is 87.7 Å². The Morgan fingerprint density at radius 1 is 0.955 bits per heavy atom. The molecule has 0 radical (unpaired) electrons. The van der Waals surface area contributed by atoms with Crippen LogP contribution in [0.3, 0.4) is 0 Å². The zero-order chi connectivity index (χ0) is 33.9. The Kier molecular flexibility index (Phi) is 15.7. The second kappa shape index (κ2) is 17.4. The molecule has 0 aromatic heterocycles. The average molecular weight is 640 g/mol. The average Bonchev–Trinajstić information content (AvgIpc) is 2.88. The standard InChI is InChI=1S/C34H61NO8Si/c1-23(2)26(20-25-15-16-28(40-11)30(21-25)41-18-14-17-39-10)22-27(35-32(38)42-33(4,5)6)29(19-24(3)31(36)37)43-44(12,13)34(7,8)9/h15-16,21,23-24,26-27,29H,14,17-20,22H2,1-13H3,(H,35,38)(H,36,37). The zero-order valence-electron chi connectivity index (χ0n) is 29.7. The summed E-state index contributed by atoms with van der Waals surface area (Å²) in [6, 6.07) is 5.53. The van der Waals surface area contributed by atoms with E-state index in [1.54, 1.807) is 21.1 Å². The summed E-state index contributed by atoms with van der Waals surface area (Å²) in [5, 5.41) is 12.9. The highest BCUT2D eigenvalue weighted by atomic mass is 28.4. The van der Waals surface area contributed by atoms with E-state index in [1.807, 2.05) is 39.0 Å². The van der Waals surface area contributed by atoms with Gasteiger partial charge in [-0.3, -0.25) is 4.79 Å². The van der Waals surface area contributed by atoms with E-state index in [1.165, 1.54) is 0 Å². The van der Waals surface area contributed by atoms with Gasteiger partial charge in [0.15, 0.2) is 19.8 Å². The number of aliphatic carboxylic acids is 1. The fourth-order valence-corrected chi connectivity index (χ4v) is 6.00. The molecule has 0 bridgehead atoms. The van der Waals surface area contributed by atoms with Crippen molar-refractivity contribution in [2.75, 3.05) is 27.4 Å². The lowest BCUT2D eigenvalue weighted by Gasteiger charge is -2.43. The molecule has 0 spiro atoms. The van der Waals surface area contributed by atoms with Crippen LogP contribution in [0.2, 0.25) is 18.1 Å². The predicted octanol–water partition coefficient (Wildman–Crippen LogP) is 7.71. The van der Waals surface area contributed by atoms with Crippen LogP contribution in [0.4, 0.5) is 4.79 Å². The SMILES string of the molecule is COCCCOc1cc(CC(CC(NC(=O)OC(C)(C)C)C(CC(C)C(=O)O)O[Si](C)(C)C(C)(C)C)C(C)C)ccc1OC. The van der Waals surface area contributed by atoms with Gasteiger partial charge in [-0.25, -0.2) is 4.79 Å². The Morgan fingerprint density at radius 3 is 2.09 bits per heavy atom. The Balaban J connectivity index is 3.48. The van der Waals surface area contributed by atoms with Gasteiger partial charge in [0, 0.05) is 20.1 Å². The number of rotatable bonds is 18. The van der Waals surface area contributed by atoms with Crippen LogP contribution in [0, 0.1) is 17.8 Å². The largest absolute Gasteiger partial charge is 0.493 e. The molecule has 0 aliphatic rings. The van der Waals surface area contributed by atoms with Gasteiger partial charge in [0.05, 0.1) is 31.8 Å². The summed E-state index contributed by atoms with van der Waals surface area (Å²) < 4.78 is 29.3. The van der Waals surface area contributed by atoms with Crippen molar-refractivity contribution in [3.63, 3.8) is 0 Å². The monoisotopic (exact) mass is 639 g/mol. The summed E-state index contributed by atoms with van der Waals surface area (Å²) in [6.45, 7) is 23.4. The first-order chi connectivity index (χ1) is 20.2. The van der Waals surface area contributed by atoms with Gasteiger partial charge in [-0.1, -0.05) is 47.6 Å². The Labute approximate surface area is 267 Å². The Bertz CT molecular complexity index is 1030. The summed E-state index contributed by atoms with van der Waals surface area (Å²) in [5.41, 5.74) is 0.405. The molecule has 44 heavy (non-hydrogen) atoms. The Morgan fingerprint density at radius 2 is 1.59 bits per heavy atom. The van der Waals surface area contributed by atoms with E-state index in [9.17, 15) is 14.7 Å². The fourth-order valence-electron chi connectivity index (χ4n) is 4.63. The minimum absolute atomic E-state index is 0.103. The molecule has 10 heteroatoms. The van der Waals surface area contributed by atoms with Crippen LogP contribution in [0.1, 0.15) is 87.1 Å². The molecule has 0 aliphatic heterocycles. The minimum Gasteiger partial charge on any atom is -0.493 e. The van der Waals surface area contributed by atoms with E-state index in [0.717, 1.165) is 18.4 Å². The van der Waals surface area contributed by atoms with E-state index in [-0.39, 0.29) is 23.3 Å². The number of carboxylic acids is 1. The maximum atomic E-state index is 13.2. The zero-order valence-corrected chi connectivity index (χ0v) is 30.7. The third-order valence-corrected chi connectivity index (χ3v) is 12.9. The van der Waals surface area contributed by atoms with Crippen molar-refractivity contribution in [1.29, 1.82) is 0 Å². The summed E-state index contributed by atoms with van der Waals surface area (Å²) >= 11 is 0. The van der Waals surface area contributed by atoms with Gasteiger partial charge in [-0.2, -0.15) is 0 Å². The number of hydrogen-bond acceptors (Lipinski definition) is 7. The van der Waals surface area contributed by atoms with Gasteiger partial charge >= 0.3 is 12.1 Å². The van der Waals surface area contributed by atoms with Crippen molar-refractivity contribution < 1.29 is 38.1 Å². The number of carboxylic acid groups (broad SMARTS) is 1. The predicted molar refractivity (Wildman–Crippen MR) is 178 cm³/mol. The maximum Gasteiger partial charge on any atom is 0.407 e. The smallest absolute Gasteiger partial charge is 0.407 e. The van der Waals surface area contributed by atoms with E-state index < -0.39 is 44.0 Å². The topological polar surface area (TPSA) is 113 Å². The number of nitrogens with one attached hydrogen (secondary N) is 1.